The van der Waals surface area contributed by atoms with E-state index in [1.54, 1.807) is 18.7 Å². The molecule has 1 aliphatic carbocycles. The predicted molar refractivity (Wildman–Crippen MR) is 96.8 cm³/mol. The van der Waals surface area contributed by atoms with E-state index < -0.39 is 5.60 Å². The molecule has 0 heterocycles. The van der Waals surface area contributed by atoms with E-state index >= 15 is 0 Å². The van der Waals surface area contributed by atoms with E-state index in [0.29, 0.717) is 12.3 Å². The maximum absolute atomic E-state index is 12.0. The molecule has 0 saturated heterocycles. The molecule has 1 unspecified atom stereocenters. The van der Waals surface area contributed by atoms with Gasteiger partial charge in [0.25, 0.3) is 0 Å². The van der Waals surface area contributed by atoms with Gasteiger partial charge in [0.15, 0.2) is 0 Å². The van der Waals surface area contributed by atoms with E-state index in [2.05, 4.69) is 34.9 Å². The molecule has 1 aliphatic rings. The topological polar surface area (TPSA) is 61.4 Å². The summed E-state index contributed by atoms with van der Waals surface area (Å²) in [5, 5.41) is 15.9. The fourth-order valence-corrected chi connectivity index (χ4v) is 3.81. The Labute approximate surface area is 143 Å². The summed E-state index contributed by atoms with van der Waals surface area (Å²) in [5.74, 6) is 0.602. The van der Waals surface area contributed by atoms with Crippen molar-refractivity contribution in [1.29, 1.82) is 0 Å². The molecule has 1 aromatic carbocycles. The zero-order chi connectivity index (χ0) is 16.8. The van der Waals surface area contributed by atoms with E-state index in [4.69, 9.17) is 0 Å². The van der Waals surface area contributed by atoms with Crippen LogP contribution >= 0.6 is 11.8 Å². The lowest BCUT2D eigenvalue weighted by Crippen LogP contribution is -2.50. The van der Waals surface area contributed by atoms with E-state index in [1.807, 2.05) is 12.3 Å². The van der Waals surface area contributed by atoms with Crippen molar-refractivity contribution < 1.29 is 9.90 Å². The molecule has 1 atom stereocenters. The molecule has 2 rings (SSSR count). The van der Waals surface area contributed by atoms with Crippen LogP contribution in [0.5, 0.6) is 0 Å². The Bertz CT molecular complexity index is 501. The minimum atomic E-state index is -0.866. The first-order valence-electron chi connectivity index (χ1n) is 8.22. The molecule has 23 heavy (non-hydrogen) atoms. The number of benzene rings is 1. The third-order valence-corrected chi connectivity index (χ3v) is 5.46. The van der Waals surface area contributed by atoms with Gasteiger partial charge in [-0.15, -0.1) is 0 Å². The number of thioether (sulfide) groups is 1. The first-order chi connectivity index (χ1) is 10.9. The van der Waals surface area contributed by atoms with E-state index in [1.165, 1.54) is 12.0 Å². The SMILES string of the molecule is CSCC(C)(O)CNC(=O)NCC1(Cc2ccccc2)CCC1. The number of urea groups is 1. The van der Waals surface area contributed by atoms with Crippen LogP contribution in [0, 0.1) is 5.41 Å². The zero-order valence-electron chi connectivity index (χ0n) is 14.1. The molecule has 1 aromatic rings. The van der Waals surface area contributed by atoms with Gasteiger partial charge in [0, 0.05) is 18.8 Å². The number of hydrogen-bond donors (Lipinski definition) is 3. The third kappa shape index (κ3) is 5.74. The lowest BCUT2D eigenvalue weighted by molar-refractivity contribution is 0.0859. The van der Waals surface area contributed by atoms with Crippen LogP contribution in [0.25, 0.3) is 0 Å². The first-order valence-corrected chi connectivity index (χ1v) is 9.61. The van der Waals surface area contributed by atoms with Crippen molar-refractivity contribution in [3.05, 3.63) is 35.9 Å². The summed E-state index contributed by atoms with van der Waals surface area (Å²) in [6, 6.07) is 10.3. The number of nitrogens with one attached hydrogen (secondary N) is 2. The Balaban J connectivity index is 1.78. The van der Waals surface area contributed by atoms with E-state index in [-0.39, 0.29) is 18.0 Å². The van der Waals surface area contributed by atoms with Crippen LogP contribution in [0.1, 0.15) is 31.7 Å². The standard InChI is InChI=1S/C18H28N2O2S/c1-17(22,14-23-2)12-19-16(21)20-13-18(9-6-10-18)11-15-7-4-3-5-8-15/h3-5,7-8,22H,6,9-14H2,1-2H3,(H2,19,20,21). The third-order valence-electron chi connectivity index (χ3n) is 4.55. The smallest absolute Gasteiger partial charge is 0.314 e. The lowest BCUT2D eigenvalue weighted by Gasteiger charge is -2.42. The molecule has 3 N–H and O–H groups in total. The molecular formula is C18H28N2O2S. The average Bonchev–Trinajstić information content (AvgIpc) is 2.49. The van der Waals surface area contributed by atoms with Gasteiger partial charge >= 0.3 is 6.03 Å². The summed E-state index contributed by atoms with van der Waals surface area (Å²) in [6.07, 6.45) is 6.51. The normalized spacial score (nSPS) is 18.6. The minimum Gasteiger partial charge on any atom is -0.387 e. The maximum Gasteiger partial charge on any atom is 0.314 e. The Morgan fingerprint density at radius 2 is 2.00 bits per heavy atom. The maximum atomic E-state index is 12.0. The fourth-order valence-electron chi connectivity index (χ4n) is 3.08. The van der Waals surface area contributed by atoms with Crippen LogP contribution in [0.4, 0.5) is 4.79 Å². The van der Waals surface area contributed by atoms with Gasteiger partial charge in [-0.3, -0.25) is 0 Å². The molecular weight excluding hydrogens is 308 g/mol. The first kappa shape index (κ1) is 18.1. The van der Waals surface area contributed by atoms with E-state index in [0.717, 1.165) is 19.3 Å². The van der Waals surface area contributed by atoms with Crippen LogP contribution in [0.2, 0.25) is 0 Å². The summed E-state index contributed by atoms with van der Waals surface area (Å²) in [5.41, 5.74) is 0.660. The van der Waals surface area contributed by atoms with Crippen LogP contribution in [0.3, 0.4) is 0 Å². The number of rotatable bonds is 8. The predicted octanol–water partition coefficient (Wildman–Crippen LogP) is 2.81. The van der Waals surface area contributed by atoms with Gasteiger partial charge in [0.05, 0.1) is 5.60 Å². The quantitative estimate of drug-likeness (QED) is 0.684. The van der Waals surface area contributed by atoms with Crippen molar-refractivity contribution in [3.63, 3.8) is 0 Å². The summed E-state index contributed by atoms with van der Waals surface area (Å²) in [7, 11) is 0. The van der Waals surface area contributed by atoms with Crippen molar-refractivity contribution >= 4 is 17.8 Å². The zero-order valence-corrected chi connectivity index (χ0v) is 14.9. The number of carbonyl (C=O) groups excluding carboxylic acids is 1. The second-order valence-electron chi connectivity index (χ2n) is 6.98. The van der Waals surface area contributed by atoms with Gasteiger partial charge in [-0.05, 0) is 43.4 Å². The summed E-state index contributed by atoms with van der Waals surface area (Å²) in [6.45, 7) is 2.70. The Morgan fingerprint density at radius 3 is 2.57 bits per heavy atom. The highest BCUT2D eigenvalue weighted by Gasteiger charge is 2.37. The minimum absolute atomic E-state index is 0.189. The van der Waals surface area contributed by atoms with Crippen LogP contribution in [-0.4, -0.2) is 41.8 Å². The van der Waals surface area contributed by atoms with Crippen molar-refractivity contribution in [2.75, 3.05) is 25.1 Å². The molecule has 1 saturated carbocycles. The summed E-state index contributed by atoms with van der Waals surface area (Å²) in [4.78, 5) is 12.0. The van der Waals surface area contributed by atoms with Gasteiger partial charge in [-0.1, -0.05) is 36.8 Å². The molecule has 0 bridgehead atoms. The number of aliphatic hydroxyl groups is 1. The lowest BCUT2D eigenvalue weighted by atomic mass is 9.65. The van der Waals surface area contributed by atoms with Gasteiger partial charge in [-0.25, -0.2) is 4.79 Å². The molecule has 5 heteroatoms. The van der Waals surface area contributed by atoms with Crippen LogP contribution < -0.4 is 10.6 Å². The molecule has 1 fully saturated rings. The molecule has 0 radical (unpaired) electrons. The monoisotopic (exact) mass is 336 g/mol. The average molecular weight is 337 g/mol. The van der Waals surface area contributed by atoms with Crippen molar-refractivity contribution in [3.8, 4) is 0 Å². The van der Waals surface area contributed by atoms with Gasteiger partial charge in [0.2, 0.25) is 0 Å². The largest absolute Gasteiger partial charge is 0.387 e. The van der Waals surface area contributed by atoms with Crippen molar-refractivity contribution in [2.45, 2.75) is 38.2 Å². The molecule has 0 spiro atoms. The Kier molecular flexibility index (Phi) is 6.36. The summed E-state index contributed by atoms with van der Waals surface area (Å²) < 4.78 is 0. The molecule has 4 nitrogen and oxygen atoms in total. The molecule has 2 amide bonds. The number of amides is 2. The molecule has 0 aliphatic heterocycles. The Hall–Kier alpha value is -1.20. The van der Waals surface area contributed by atoms with Crippen LogP contribution in [0.15, 0.2) is 30.3 Å². The van der Waals surface area contributed by atoms with Crippen molar-refractivity contribution in [1.82, 2.24) is 10.6 Å². The van der Waals surface area contributed by atoms with Crippen molar-refractivity contribution in [2.24, 2.45) is 5.41 Å². The highest BCUT2D eigenvalue weighted by Crippen LogP contribution is 2.43. The van der Waals surface area contributed by atoms with Gasteiger partial charge in [0.1, 0.15) is 0 Å². The fraction of sp³-hybridized carbons (Fsp3) is 0.611. The van der Waals surface area contributed by atoms with E-state index in [9.17, 15) is 9.90 Å². The summed E-state index contributed by atoms with van der Waals surface area (Å²) >= 11 is 1.57. The number of carbonyl (C=O) groups is 1. The van der Waals surface area contributed by atoms with Gasteiger partial charge in [-0.2, -0.15) is 11.8 Å². The number of hydrogen-bond acceptors (Lipinski definition) is 3. The Morgan fingerprint density at radius 1 is 1.30 bits per heavy atom. The highest BCUT2D eigenvalue weighted by atomic mass is 32.2. The van der Waals surface area contributed by atoms with Crippen LogP contribution in [-0.2, 0) is 6.42 Å². The van der Waals surface area contributed by atoms with Gasteiger partial charge < -0.3 is 15.7 Å². The molecule has 0 aromatic heterocycles. The molecule has 128 valence electrons. The highest BCUT2D eigenvalue weighted by molar-refractivity contribution is 7.98. The second kappa shape index (κ2) is 8.06. The second-order valence-corrected chi connectivity index (χ2v) is 7.85.